The fourth-order valence-corrected chi connectivity index (χ4v) is 4.54. The molecule has 11 heteroatoms. The van der Waals surface area contributed by atoms with Crippen molar-refractivity contribution in [2.45, 2.75) is 13.5 Å². The molecule has 0 saturated carbocycles. The molecule has 0 radical (unpaired) electrons. The number of sulfonamides is 1. The molecule has 38 heavy (non-hydrogen) atoms. The van der Waals surface area contributed by atoms with E-state index in [2.05, 4.69) is 10.5 Å². The molecule has 1 N–H and O–H groups in total. The molecule has 1 heterocycles. The Morgan fingerprint density at radius 2 is 1.71 bits per heavy atom. The summed E-state index contributed by atoms with van der Waals surface area (Å²) in [5.41, 5.74) is 5.63. The van der Waals surface area contributed by atoms with Gasteiger partial charge in [-0.15, -0.1) is 0 Å². The van der Waals surface area contributed by atoms with Crippen molar-refractivity contribution in [2.24, 2.45) is 5.10 Å². The molecule has 0 aliphatic carbocycles. The molecular formula is C27H24N4O6S. The Morgan fingerprint density at radius 1 is 1.03 bits per heavy atom. The van der Waals surface area contributed by atoms with Crippen molar-refractivity contribution in [3.8, 4) is 11.3 Å². The lowest BCUT2D eigenvalue weighted by Crippen LogP contribution is -2.29. The molecule has 3 aromatic carbocycles. The number of hydrazone groups is 1. The molecule has 0 saturated heterocycles. The Bertz CT molecular complexity index is 1590. The second-order valence-corrected chi connectivity index (χ2v) is 10.4. The van der Waals surface area contributed by atoms with Crippen LogP contribution in [0.3, 0.4) is 0 Å². The number of hydrogen-bond acceptors (Lipinski definition) is 7. The van der Waals surface area contributed by atoms with Crippen molar-refractivity contribution >= 4 is 33.5 Å². The van der Waals surface area contributed by atoms with Gasteiger partial charge in [-0.25, -0.2) is 13.8 Å². The number of hydrogen-bond donors (Lipinski definition) is 1. The first kappa shape index (κ1) is 26.3. The Kier molecular flexibility index (Phi) is 7.68. The Hall–Kier alpha value is -4.77. The van der Waals surface area contributed by atoms with Crippen LogP contribution in [0.5, 0.6) is 0 Å². The minimum absolute atomic E-state index is 0.0202. The Balaban J connectivity index is 1.40. The van der Waals surface area contributed by atoms with Gasteiger partial charge >= 0.3 is 0 Å². The van der Waals surface area contributed by atoms with E-state index in [0.29, 0.717) is 28.3 Å². The third-order valence-electron chi connectivity index (χ3n) is 5.74. The lowest BCUT2D eigenvalue weighted by atomic mass is 10.1. The first-order chi connectivity index (χ1) is 18.1. The molecule has 4 aromatic rings. The maximum atomic E-state index is 12.5. The van der Waals surface area contributed by atoms with Crippen molar-refractivity contribution in [2.75, 3.05) is 10.6 Å². The summed E-state index contributed by atoms with van der Waals surface area (Å²) in [4.78, 5) is 22.8. The summed E-state index contributed by atoms with van der Waals surface area (Å²) in [6.07, 6.45) is 2.47. The van der Waals surface area contributed by atoms with Crippen molar-refractivity contribution in [3.63, 3.8) is 0 Å². The zero-order valence-electron chi connectivity index (χ0n) is 20.6. The molecular weight excluding hydrogens is 508 g/mol. The molecule has 0 aliphatic rings. The topological polar surface area (TPSA) is 135 Å². The highest BCUT2D eigenvalue weighted by molar-refractivity contribution is 7.92. The van der Waals surface area contributed by atoms with Crippen LogP contribution < -0.4 is 9.73 Å². The molecule has 0 aliphatic heterocycles. The van der Waals surface area contributed by atoms with Crippen molar-refractivity contribution in [3.05, 3.63) is 117 Å². The standard InChI is InChI=1S/C27H24N4O6S/c1-19-5-3-4-6-22(19)18-30(38(2,35)36)23-11-9-21(10-12-23)27(32)29-28-17-25-15-16-26(37-25)20-7-13-24(14-8-20)31(33)34/h3-17H,18H2,1-2H3,(H,29,32)/b28-17-. The summed E-state index contributed by atoms with van der Waals surface area (Å²) in [5, 5.41) is 14.7. The van der Waals surface area contributed by atoms with E-state index in [-0.39, 0.29) is 12.2 Å². The number of amides is 1. The van der Waals surface area contributed by atoms with Crippen LogP contribution in [0.25, 0.3) is 11.3 Å². The van der Waals surface area contributed by atoms with Gasteiger partial charge < -0.3 is 4.42 Å². The normalized spacial score (nSPS) is 11.4. The maximum absolute atomic E-state index is 12.5. The number of anilines is 1. The third kappa shape index (κ3) is 6.31. The number of nitro benzene ring substituents is 1. The number of nitrogens with one attached hydrogen (secondary N) is 1. The highest BCUT2D eigenvalue weighted by Gasteiger charge is 2.19. The van der Waals surface area contributed by atoms with Gasteiger partial charge in [-0.1, -0.05) is 24.3 Å². The van der Waals surface area contributed by atoms with E-state index >= 15 is 0 Å². The maximum Gasteiger partial charge on any atom is 0.271 e. The van der Waals surface area contributed by atoms with Crippen LogP contribution in [-0.4, -0.2) is 31.7 Å². The summed E-state index contributed by atoms with van der Waals surface area (Å²) in [5.74, 6) is 0.373. The number of nitrogens with zero attached hydrogens (tertiary/aromatic N) is 3. The number of nitro groups is 1. The number of non-ortho nitro benzene ring substituents is 1. The number of carbonyl (C=O) groups is 1. The average Bonchev–Trinajstić information content (AvgIpc) is 3.36. The van der Waals surface area contributed by atoms with Gasteiger partial charge in [-0.2, -0.15) is 5.10 Å². The van der Waals surface area contributed by atoms with Gasteiger partial charge in [-0.05, 0) is 66.6 Å². The third-order valence-corrected chi connectivity index (χ3v) is 6.88. The van der Waals surface area contributed by atoms with Gasteiger partial charge in [0.15, 0.2) is 0 Å². The van der Waals surface area contributed by atoms with Crippen molar-refractivity contribution in [1.29, 1.82) is 0 Å². The molecule has 0 bridgehead atoms. The zero-order valence-corrected chi connectivity index (χ0v) is 21.4. The molecule has 0 unspecified atom stereocenters. The quantitative estimate of drug-likeness (QED) is 0.185. The van der Waals surface area contributed by atoms with Gasteiger partial charge in [0.25, 0.3) is 11.6 Å². The second-order valence-electron chi connectivity index (χ2n) is 8.45. The van der Waals surface area contributed by atoms with Gasteiger partial charge in [-0.3, -0.25) is 19.2 Å². The predicted octanol–water partition coefficient (Wildman–Crippen LogP) is 4.89. The average molecular weight is 533 g/mol. The minimum atomic E-state index is -3.57. The molecule has 0 fully saturated rings. The summed E-state index contributed by atoms with van der Waals surface area (Å²) in [6, 6.07) is 23.0. The van der Waals surface area contributed by atoms with Crippen molar-refractivity contribution in [1.82, 2.24) is 5.43 Å². The number of benzene rings is 3. The minimum Gasteiger partial charge on any atom is -0.455 e. The summed E-state index contributed by atoms with van der Waals surface area (Å²) in [6.45, 7) is 2.09. The van der Waals surface area contributed by atoms with Gasteiger partial charge in [0.05, 0.1) is 29.6 Å². The molecule has 0 spiro atoms. The molecule has 194 valence electrons. The number of furan rings is 1. The van der Waals surface area contributed by atoms with E-state index in [4.69, 9.17) is 4.42 Å². The van der Waals surface area contributed by atoms with Crippen molar-refractivity contribution < 1.29 is 22.6 Å². The lowest BCUT2D eigenvalue weighted by Gasteiger charge is -2.23. The van der Waals surface area contributed by atoms with Crippen LogP contribution in [0.4, 0.5) is 11.4 Å². The van der Waals surface area contributed by atoms with E-state index in [1.165, 1.54) is 34.8 Å². The Labute approximate surface area is 219 Å². The lowest BCUT2D eigenvalue weighted by molar-refractivity contribution is -0.384. The van der Waals surface area contributed by atoms with Crippen LogP contribution in [0, 0.1) is 17.0 Å². The largest absolute Gasteiger partial charge is 0.455 e. The first-order valence-electron chi connectivity index (χ1n) is 11.4. The fraction of sp³-hybridized carbons (Fsp3) is 0.111. The number of aryl methyl sites for hydroxylation is 1. The summed E-state index contributed by atoms with van der Waals surface area (Å²) in [7, 11) is -3.57. The summed E-state index contributed by atoms with van der Waals surface area (Å²) >= 11 is 0. The molecule has 1 amide bonds. The van der Waals surface area contributed by atoms with Crippen LogP contribution in [0.1, 0.15) is 27.2 Å². The van der Waals surface area contributed by atoms with E-state index in [0.717, 1.165) is 17.4 Å². The smallest absolute Gasteiger partial charge is 0.271 e. The predicted molar refractivity (Wildman–Crippen MR) is 145 cm³/mol. The van der Waals surface area contributed by atoms with Crippen LogP contribution >= 0.6 is 0 Å². The molecule has 4 rings (SSSR count). The molecule has 10 nitrogen and oxygen atoms in total. The van der Waals surface area contributed by atoms with Gasteiger partial charge in [0, 0.05) is 23.3 Å². The van der Waals surface area contributed by atoms with Crippen LogP contribution in [0.2, 0.25) is 0 Å². The van der Waals surface area contributed by atoms with E-state index in [1.54, 1.807) is 36.4 Å². The zero-order chi connectivity index (χ0) is 27.3. The van der Waals surface area contributed by atoms with Gasteiger partial charge in [0.2, 0.25) is 10.0 Å². The second kappa shape index (κ2) is 11.1. The van der Waals surface area contributed by atoms with E-state index < -0.39 is 20.9 Å². The fourth-order valence-electron chi connectivity index (χ4n) is 3.67. The highest BCUT2D eigenvalue weighted by atomic mass is 32.2. The summed E-state index contributed by atoms with van der Waals surface area (Å²) < 4.78 is 31.9. The Morgan fingerprint density at radius 3 is 2.34 bits per heavy atom. The monoisotopic (exact) mass is 532 g/mol. The van der Waals surface area contributed by atoms with Crippen LogP contribution in [0.15, 0.2) is 94.4 Å². The number of carbonyl (C=O) groups excluding carboxylic acids is 1. The van der Waals surface area contributed by atoms with E-state index in [1.807, 2.05) is 31.2 Å². The SMILES string of the molecule is Cc1ccccc1CN(c1ccc(C(=O)N/N=C\c2ccc(-c3ccc([N+](=O)[O-])cc3)o2)cc1)S(C)(=O)=O. The first-order valence-corrected chi connectivity index (χ1v) is 13.3. The molecule has 1 aromatic heterocycles. The highest BCUT2D eigenvalue weighted by Crippen LogP contribution is 2.24. The molecule has 0 atom stereocenters. The van der Waals surface area contributed by atoms with E-state index in [9.17, 15) is 23.3 Å². The van der Waals surface area contributed by atoms with Gasteiger partial charge in [0.1, 0.15) is 11.5 Å². The van der Waals surface area contributed by atoms with Crippen LogP contribution in [-0.2, 0) is 16.6 Å². The number of rotatable bonds is 9.